The van der Waals surface area contributed by atoms with Gasteiger partial charge in [0.1, 0.15) is 5.75 Å². The third-order valence-corrected chi connectivity index (χ3v) is 6.77. The summed E-state index contributed by atoms with van der Waals surface area (Å²) in [6.07, 6.45) is 1.43. The molecule has 1 unspecified atom stereocenters. The number of benzene rings is 2. The van der Waals surface area contributed by atoms with Crippen molar-refractivity contribution in [3.05, 3.63) is 63.7 Å². The summed E-state index contributed by atoms with van der Waals surface area (Å²) >= 11 is 0. The lowest BCUT2D eigenvalue weighted by Gasteiger charge is -2.25. The Bertz CT molecular complexity index is 942. The van der Waals surface area contributed by atoms with Crippen LogP contribution in [0.5, 0.6) is 5.75 Å². The maximum absolute atomic E-state index is 13.2. The fourth-order valence-electron chi connectivity index (χ4n) is 3.42. The molecule has 2 aromatic rings. The number of sulfonamides is 1. The van der Waals surface area contributed by atoms with E-state index in [1.807, 2.05) is 24.3 Å². The summed E-state index contributed by atoms with van der Waals surface area (Å²) in [5, 5.41) is 11.2. The van der Waals surface area contributed by atoms with Crippen molar-refractivity contribution in [3.63, 3.8) is 0 Å². The molecule has 1 aliphatic heterocycles. The number of nitro benzene ring substituents is 1. The van der Waals surface area contributed by atoms with Crippen LogP contribution >= 0.6 is 0 Å². The van der Waals surface area contributed by atoms with Crippen molar-refractivity contribution in [2.24, 2.45) is 0 Å². The van der Waals surface area contributed by atoms with Gasteiger partial charge in [0.2, 0.25) is 10.0 Å². The molecule has 1 heterocycles. The van der Waals surface area contributed by atoms with Crippen molar-refractivity contribution < 1.29 is 18.1 Å². The fraction of sp³-hybridized carbons (Fsp3) is 0.333. The Morgan fingerprint density at radius 2 is 1.96 bits per heavy atom. The Kier molecular flexibility index (Phi) is 4.97. The van der Waals surface area contributed by atoms with Crippen LogP contribution in [0, 0.1) is 17.0 Å². The minimum Gasteiger partial charge on any atom is -0.497 e. The first-order valence-electron chi connectivity index (χ1n) is 8.26. The van der Waals surface area contributed by atoms with Crippen LogP contribution in [0.4, 0.5) is 5.69 Å². The van der Waals surface area contributed by atoms with E-state index in [1.54, 1.807) is 7.11 Å². The second-order valence-corrected chi connectivity index (χ2v) is 8.07. The summed E-state index contributed by atoms with van der Waals surface area (Å²) in [4.78, 5) is 10.6. The second kappa shape index (κ2) is 7.05. The van der Waals surface area contributed by atoms with E-state index in [0.29, 0.717) is 18.7 Å². The van der Waals surface area contributed by atoms with Crippen molar-refractivity contribution >= 4 is 15.7 Å². The van der Waals surface area contributed by atoms with Gasteiger partial charge in [0, 0.05) is 18.2 Å². The lowest BCUT2D eigenvalue weighted by molar-refractivity contribution is -0.385. The molecule has 0 saturated carbocycles. The zero-order valence-electron chi connectivity index (χ0n) is 14.6. The Morgan fingerprint density at radius 1 is 1.23 bits per heavy atom. The predicted molar refractivity (Wildman–Crippen MR) is 96.7 cm³/mol. The van der Waals surface area contributed by atoms with Gasteiger partial charge in [0.05, 0.1) is 23.0 Å². The summed E-state index contributed by atoms with van der Waals surface area (Å²) in [5.41, 5.74) is 0.825. The van der Waals surface area contributed by atoms with Crippen LogP contribution in [0.3, 0.4) is 0 Å². The zero-order chi connectivity index (χ0) is 18.9. The standard InChI is InChI=1S/C18H20N2O5S/c1-13-16(20(21)22)8-4-10-18(13)26(23,24)19-11-5-9-17(19)14-6-3-7-15(12-14)25-2/h3-4,6-8,10,12,17H,5,9,11H2,1-2H3. The number of ether oxygens (including phenoxy) is 1. The van der Waals surface area contributed by atoms with Gasteiger partial charge in [-0.15, -0.1) is 0 Å². The highest BCUT2D eigenvalue weighted by Crippen LogP contribution is 2.39. The van der Waals surface area contributed by atoms with E-state index in [-0.39, 0.29) is 22.2 Å². The molecule has 138 valence electrons. The smallest absolute Gasteiger partial charge is 0.273 e. The molecule has 3 rings (SSSR count). The predicted octanol–water partition coefficient (Wildman–Crippen LogP) is 3.44. The van der Waals surface area contributed by atoms with Crippen LogP contribution in [-0.2, 0) is 10.0 Å². The molecule has 0 bridgehead atoms. The number of nitro groups is 1. The van der Waals surface area contributed by atoms with Gasteiger partial charge in [0.25, 0.3) is 5.69 Å². The number of hydrogen-bond donors (Lipinski definition) is 0. The molecule has 1 atom stereocenters. The van der Waals surface area contributed by atoms with Crippen LogP contribution in [0.1, 0.15) is 30.0 Å². The molecule has 2 aromatic carbocycles. The normalized spacial score (nSPS) is 18.0. The molecular weight excluding hydrogens is 356 g/mol. The third-order valence-electron chi connectivity index (χ3n) is 4.72. The van der Waals surface area contributed by atoms with E-state index in [1.165, 1.54) is 29.4 Å². The molecule has 1 aliphatic rings. The highest BCUT2D eigenvalue weighted by Gasteiger charge is 2.38. The van der Waals surface area contributed by atoms with Crippen LogP contribution in [-0.4, -0.2) is 31.3 Å². The van der Waals surface area contributed by atoms with Crippen molar-refractivity contribution in [3.8, 4) is 5.75 Å². The Morgan fingerprint density at radius 3 is 2.65 bits per heavy atom. The molecule has 1 fully saturated rings. The number of nitrogens with zero attached hydrogens (tertiary/aromatic N) is 2. The minimum absolute atomic E-state index is 0.0125. The molecule has 8 heteroatoms. The van der Waals surface area contributed by atoms with Crippen LogP contribution in [0.25, 0.3) is 0 Å². The van der Waals surface area contributed by atoms with Gasteiger partial charge in [-0.1, -0.05) is 18.2 Å². The quantitative estimate of drug-likeness (QED) is 0.589. The van der Waals surface area contributed by atoms with Crippen LogP contribution < -0.4 is 4.74 Å². The first kappa shape index (κ1) is 18.3. The van der Waals surface area contributed by atoms with Crippen molar-refractivity contribution in [2.45, 2.75) is 30.7 Å². The highest BCUT2D eigenvalue weighted by molar-refractivity contribution is 7.89. The summed E-state index contributed by atoms with van der Waals surface area (Å²) in [6.45, 7) is 1.86. The maximum Gasteiger partial charge on any atom is 0.273 e. The Balaban J connectivity index is 2.04. The van der Waals surface area contributed by atoms with E-state index in [4.69, 9.17) is 4.74 Å². The second-order valence-electron chi connectivity index (χ2n) is 6.21. The van der Waals surface area contributed by atoms with Crippen molar-refractivity contribution in [1.29, 1.82) is 0 Å². The van der Waals surface area contributed by atoms with E-state index < -0.39 is 14.9 Å². The molecule has 0 radical (unpaired) electrons. The molecule has 0 amide bonds. The average Bonchev–Trinajstić information content (AvgIpc) is 3.12. The average molecular weight is 376 g/mol. The first-order valence-corrected chi connectivity index (χ1v) is 9.70. The van der Waals surface area contributed by atoms with Crippen molar-refractivity contribution in [1.82, 2.24) is 4.31 Å². The number of methoxy groups -OCH3 is 1. The molecule has 0 aromatic heterocycles. The highest BCUT2D eigenvalue weighted by atomic mass is 32.2. The van der Waals surface area contributed by atoms with Gasteiger partial charge in [-0.3, -0.25) is 10.1 Å². The molecule has 0 aliphatic carbocycles. The Labute approximate surface area is 152 Å². The summed E-state index contributed by atoms with van der Waals surface area (Å²) in [5.74, 6) is 0.665. The van der Waals surface area contributed by atoms with E-state index in [2.05, 4.69) is 0 Å². The molecular formula is C18H20N2O5S. The minimum atomic E-state index is -3.85. The number of rotatable bonds is 5. The molecule has 0 spiro atoms. The molecule has 7 nitrogen and oxygen atoms in total. The van der Waals surface area contributed by atoms with Crippen LogP contribution in [0.2, 0.25) is 0 Å². The van der Waals surface area contributed by atoms with Crippen molar-refractivity contribution in [2.75, 3.05) is 13.7 Å². The fourth-order valence-corrected chi connectivity index (χ4v) is 5.34. The van der Waals surface area contributed by atoms with Gasteiger partial charge in [0.15, 0.2) is 0 Å². The molecule has 1 saturated heterocycles. The third kappa shape index (κ3) is 3.17. The molecule has 0 N–H and O–H groups in total. The topological polar surface area (TPSA) is 89.8 Å². The summed E-state index contributed by atoms with van der Waals surface area (Å²) in [6, 6.07) is 11.2. The first-order chi connectivity index (χ1) is 12.4. The zero-order valence-corrected chi connectivity index (χ0v) is 15.4. The van der Waals surface area contributed by atoms with Crippen LogP contribution in [0.15, 0.2) is 47.4 Å². The van der Waals surface area contributed by atoms with Gasteiger partial charge < -0.3 is 4.74 Å². The maximum atomic E-state index is 13.2. The van der Waals surface area contributed by atoms with Gasteiger partial charge in [-0.05, 0) is 43.5 Å². The lowest BCUT2D eigenvalue weighted by atomic mass is 10.1. The van der Waals surface area contributed by atoms with Gasteiger partial charge >= 0.3 is 0 Å². The summed E-state index contributed by atoms with van der Waals surface area (Å²) < 4.78 is 33.2. The van der Waals surface area contributed by atoms with Gasteiger partial charge in [-0.2, -0.15) is 4.31 Å². The van der Waals surface area contributed by atoms with E-state index in [0.717, 1.165) is 12.0 Å². The largest absolute Gasteiger partial charge is 0.497 e. The monoisotopic (exact) mass is 376 g/mol. The van der Waals surface area contributed by atoms with E-state index >= 15 is 0 Å². The SMILES string of the molecule is COc1cccc(C2CCCN2S(=O)(=O)c2cccc([N+](=O)[O-])c2C)c1. The number of hydrogen-bond acceptors (Lipinski definition) is 5. The van der Waals surface area contributed by atoms with Gasteiger partial charge in [-0.25, -0.2) is 8.42 Å². The lowest BCUT2D eigenvalue weighted by Crippen LogP contribution is -2.31. The van der Waals surface area contributed by atoms with E-state index in [9.17, 15) is 18.5 Å². The molecule has 26 heavy (non-hydrogen) atoms. The summed E-state index contributed by atoms with van der Waals surface area (Å²) in [7, 11) is -2.29. The Hall–Kier alpha value is -2.45.